The lowest BCUT2D eigenvalue weighted by atomic mass is 9.92. The topological polar surface area (TPSA) is 72.2 Å². The first kappa shape index (κ1) is 13.5. The molecule has 0 radical (unpaired) electrons. The Balaban J connectivity index is 2.26. The van der Waals surface area contributed by atoms with Crippen LogP contribution in [0.15, 0.2) is 18.2 Å². The van der Waals surface area contributed by atoms with Gasteiger partial charge < -0.3 is 0 Å². The number of hydrogen-bond acceptors (Lipinski definition) is 4. The third-order valence-corrected chi connectivity index (χ3v) is 5.27. The molecule has 1 aliphatic rings. The molecule has 2 atom stereocenters. The van der Waals surface area contributed by atoms with E-state index in [0.717, 1.165) is 0 Å². The van der Waals surface area contributed by atoms with E-state index < -0.39 is 9.84 Å². The molecule has 1 aliphatic heterocycles. The van der Waals surface area contributed by atoms with Crippen LogP contribution in [0, 0.1) is 18.7 Å². The van der Waals surface area contributed by atoms with E-state index in [4.69, 9.17) is 5.84 Å². The molecule has 0 aromatic heterocycles. The van der Waals surface area contributed by atoms with Crippen LogP contribution in [0.3, 0.4) is 0 Å². The van der Waals surface area contributed by atoms with Crippen LogP contribution in [0.25, 0.3) is 0 Å². The summed E-state index contributed by atoms with van der Waals surface area (Å²) in [5, 5.41) is 0. The lowest BCUT2D eigenvalue weighted by molar-refractivity contribution is 0.398. The maximum Gasteiger partial charge on any atom is 0.150 e. The van der Waals surface area contributed by atoms with Crippen LogP contribution in [0.5, 0.6) is 0 Å². The molecule has 6 heteroatoms. The lowest BCUT2D eigenvalue weighted by Crippen LogP contribution is -2.34. The number of hydrazine groups is 1. The molecule has 0 saturated carbocycles. The summed E-state index contributed by atoms with van der Waals surface area (Å²) in [4.78, 5) is 0. The summed E-state index contributed by atoms with van der Waals surface area (Å²) in [6.45, 7) is 1.68. The normalized spacial score (nSPS) is 24.1. The van der Waals surface area contributed by atoms with Crippen molar-refractivity contribution in [3.05, 3.63) is 35.1 Å². The Morgan fingerprint density at radius 2 is 2.22 bits per heavy atom. The fourth-order valence-electron chi connectivity index (χ4n) is 2.39. The molecule has 100 valence electrons. The van der Waals surface area contributed by atoms with Gasteiger partial charge in [-0.05, 0) is 36.5 Å². The molecule has 3 N–H and O–H groups in total. The number of halogens is 1. The van der Waals surface area contributed by atoms with Gasteiger partial charge in [-0.3, -0.25) is 11.3 Å². The summed E-state index contributed by atoms with van der Waals surface area (Å²) < 4.78 is 36.5. The van der Waals surface area contributed by atoms with Crippen LogP contribution in [-0.4, -0.2) is 19.9 Å². The van der Waals surface area contributed by atoms with E-state index in [1.165, 1.54) is 6.07 Å². The zero-order valence-electron chi connectivity index (χ0n) is 10.2. The monoisotopic (exact) mass is 272 g/mol. The Morgan fingerprint density at radius 3 is 2.72 bits per heavy atom. The molecule has 18 heavy (non-hydrogen) atoms. The van der Waals surface area contributed by atoms with Crippen molar-refractivity contribution in [3.63, 3.8) is 0 Å². The number of benzene rings is 1. The second kappa shape index (κ2) is 4.95. The van der Waals surface area contributed by atoms with Gasteiger partial charge in [0.05, 0.1) is 11.5 Å². The van der Waals surface area contributed by atoms with E-state index in [2.05, 4.69) is 5.43 Å². The molecule has 1 aromatic rings. The van der Waals surface area contributed by atoms with Crippen molar-refractivity contribution in [3.8, 4) is 0 Å². The van der Waals surface area contributed by atoms with Crippen molar-refractivity contribution in [2.45, 2.75) is 19.4 Å². The van der Waals surface area contributed by atoms with Gasteiger partial charge in [-0.15, -0.1) is 0 Å². The fraction of sp³-hybridized carbons (Fsp3) is 0.500. The average Bonchev–Trinajstić information content (AvgIpc) is 2.65. The first-order valence-electron chi connectivity index (χ1n) is 5.85. The van der Waals surface area contributed by atoms with Crippen molar-refractivity contribution < 1.29 is 12.8 Å². The van der Waals surface area contributed by atoms with Crippen molar-refractivity contribution >= 4 is 9.84 Å². The van der Waals surface area contributed by atoms with Gasteiger partial charge in [0.2, 0.25) is 0 Å². The molecular weight excluding hydrogens is 255 g/mol. The Bertz CT molecular complexity index is 545. The number of nitrogens with two attached hydrogens (primary N) is 1. The van der Waals surface area contributed by atoms with Crippen molar-refractivity contribution in [1.29, 1.82) is 0 Å². The number of rotatable bonds is 3. The molecule has 1 aromatic carbocycles. The lowest BCUT2D eigenvalue weighted by Gasteiger charge is -2.22. The van der Waals surface area contributed by atoms with Gasteiger partial charge in [0.1, 0.15) is 5.82 Å². The first-order valence-corrected chi connectivity index (χ1v) is 7.67. The minimum atomic E-state index is -2.97. The van der Waals surface area contributed by atoms with E-state index in [9.17, 15) is 12.8 Å². The van der Waals surface area contributed by atoms with Gasteiger partial charge >= 0.3 is 0 Å². The van der Waals surface area contributed by atoms with Gasteiger partial charge in [0.15, 0.2) is 9.84 Å². The summed E-state index contributed by atoms with van der Waals surface area (Å²) >= 11 is 0. The Labute approximate surface area is 106 Å². The van der Waals surface area contributed by atoms with Gasteiger partial charge in [-0.1, -0.05) is 12.1 Å². The fourth-order valence-corrected chi connectivity index (χ4v) is 4.23. The van der Waals surface area contributed by atoms with E-state index in [-0.39, 0.29) is 29.3 Å². The highest BCUT2D eigenvalue weighted by atomic mass is 32.2. The molecule has 4 nitrogen and oxygen atoms in total. The SMILES string of the molecule is Cc1ccc(C(NN)C2CCS(=O)(=O)C2)cc1F. The Hall–Kier alpha value is -0.980. The quantitative estimate of drug-likeness (QED) is 0.638. The predicted molar refractivity (Wildman–Crippen MR) is 68.0 cm³/mol. The minimum Gasteiger partial charge on any atom is -0.271 e. The molecule has 1 fully saturated rings. The zero-order valence-corrected chi connectivity index (χ0v) is 11.0. The van der Waals surface area contributed by atoms with Crippen LogP contribution in [0.1, 0.15) is 23.6 Å². The molecule has 1 saturated heterocycles. The minimum absolute atomic E-state index is 0.0953. The van der Waals surface area contributed by atoms with Crippen molar-refractivity contribution in [2.75, 3.05) is 11.5 Å². The summed E-state index contributed by atoms with van der Waals surface area (Å²) in [5.41, 5.74) is 3.87. The number of nitrogens with one attached hydrogen (secondary N) is 1. The van der Waals surface area contributed by atoms with Crippen LogP contribution in [0.4, 0.5) is 4.39 Å². The molecular formula is C12H17FN2O2S. The molecule has 0 bridgehead atoms. The molecule has 0 spiro atoms. The van der Waals surface area contributed by atoms with Crippen LogP contribution in [0.2, 0.25) is 0 Å². The largest absolute Gasteiger partial charge is 0.271 e. The van der Waals surface area contributed by atoms with Crippen LogP contribution >= 0.6 is 0 Å². The molecule has 2 unspecified atom stereocenters. The average molecular weight is 272 g/mol. The Morgan fingerprint density at radius 1 is 1.50 bits per heavy atom. The Kier molecular flexibility index (Phi) is 3.70. The smallest absolute Gasteiger partial charge is 0.150 e. The molecule has 0 aliphatic carbocycles. The van der Waals surface area contributed by atoms with E-state index in [0.29, 0.717) is 17.5 Å². The molecule has 2 rings (SSSR count). The highest BCUT2D eigenvalue weighted by Gasteiger charge is 2.34. The maximum atomic E-state index is 13.5. The predicted octanol–water partition coefficient (Wildman–Crippen LogP) is 1.07. The highest BCUT2D eigenvalue weighted by molar-refractivity contribution is 7.91. The van der Waals surface area contributed by atoms with Crippen LogP contribution < -0.4 is 11.3 Å². The second-order valence-electron chi connectivity index (χ2n) is 4.82. The molecule has 1 heterocycles. The third-order valence-electron chi connectivity index (χ3n) is 3.47. The van der Waals surface area contributed by atoms with Crippen molar-refractivity contribution in [1.82, 2.24) is 5.43 Å². The number of sulfone groups is 1. The zero-order chi connectivity index (χ0) is 13.3. The van der Waals surface area contributed by atoms with Gasteiger partial charge in [-0.2, -0.15) is 0 Å². The van der Waals surface area contributed by atoms with Gasteiger partial charge in [0.25, 0.3) is 0 Å². The van der Waals surface area contributed by atoms with E-state index >= 15 is 0 Å². The van der Waals surface area contributed by atoms with Gasteiger partial charge in [0, 0.05) is 6.04 Å². The van der Waals surface area contributed by atoms with Gasteiger partial charge in [-0.25, -0.2) is 12.8 Å². The standard InChI is InChI=1S/C12H17FN2O2S/c1-8-2-3-9(6-11(8)13)12(15-14)10-4-5-18(16,17)7-10/h2-3,6,10,12,15H,4-5,7,14H2,1H3. The summed E-state index contributed by atoms with van der Waals surface area (Å²) in [7, 11) is -2.97. The van der Waals surface area contributed by atoms with E-state index in [1.807, 2.05) is 0 Å². The summed E-state index contributed by atoms with van der Waals surface area (Å²) in [6, 6.07) is 4.56. The summed E-state index contributed by atoms with van der Waals surface area (Å²) in [5.74, 6) is 5.39. The van der Waals surface area contributed by atoms with Crippen molar-refractivity contribution in [2.24, 2.45) is 11.8 Å². The number of hydrogen-bond donors (Lipinski definition) is 2. The molecule has 0 amide bonds. The van der Waals surface area contributed by atoms with E-state index in [1.54, 1.807) is 19.1 Å². The highest BCUT2D eigenvalue weighted by Crippen LogP contribution is 2.31. The summed E-state index contributed by atoms with van der Waals surface area (Å²) in [6.07, 6.45) is 0.562. The number of aryl methyl sites for hydroxylation is 1. The third kappa shape index (κ3) is 2.71. The van der Waals surface area contributed by atoms with Crippen LogP contribution in [-0.2, 0) is 9.84 Å². The maximum absolute atomic E-state index is 13.5. The first-order chi connectivity index (χ1) is 8.43. The second-order valence-corrected chi connectivity index (χ2v) is 7.04.